The lowest BCUT2D eigenvalue weighted by molar-refractivity contribution is 0.185. The highest BCUT2D eigenvalue weighted by Crippen LogP contribution is 2.14. The largest absolute Gasteiger partial charge is 0.492 e. The van der Waals surface area contributed by atoms with Crippen LogP contribution in [0.1, 0.15) is 18.9 Å². The molecule has 0 fully saturated rings. The van der Waals surface area contributed by atoms with Crippen molar-refractivity contribution in [3.8, 4) is 5.75 Å². The molecule has 1 unspecified atom stereocenters. The lowest BCUT2D eigenvalue weighted by atomic mass is 10.1. The van der Waals surface area contributed by atoms with E-state index in [9.17, 15) is 9.90 Å². The molecule has 1 atom stereocenters. The van der Waals surface area contributed by atoms with Gasteiger partial charge in [0.2, 0.25) is 0 Å². The molecule has 4 heteroatoms. The van der Waals surface area contributed by atoms with E-state index in [1.807, 2.05) is 30.3 Å². The predicted octanol–water partition coefficient (Wildman–Crippen LogP) is 2.24. The molecule has 1 heterocycles. The average molecular weight is 287 g/mol. The molecule has 0 aliphatic rings. The van der Waals surface area contributed by atoms with E-state index in [2.05, 4.69) is 0 Å². The van der Waals surface area contributed by atoms with E-state index >= 15 is 0 Å². The van der Waals surface area contributed by atoms with E-state index in [4.69, 9.17) is 4.74 Å². The summed E-state index contributed by atoms with van der Waals surface area (Å²) in [5, 5.41) is 9.26. The Morgan fingerprint density at radius 2 is 1.95 bits per heavy atom. The van der Waals surface area contributed by atoms with Crippen LogP contribution in [0, 0.1) is 0 Å². The molecule has 0 aliphatic heterocycles. The summed E-state index contributed by atoms with van der Waals surface area (Å²) in [4.78, 5) is 11.5. The van der Waals surface area contributed by atoms with Crippen molar-refractivity contribution in [2.45, 2.75) is 32.4 Å². The smallest absolute Gasteiger partial charge is 0.250 e. The maximum absolute atomic E-state index is 11.5. The van der Waals surface area contributed by atoms with Gasteiger partial charge in [0.25, 0.3) is 5.56 Å². The summed E-state index contributed by atoms with van der Waals surface area (Å²) in [6.45, 7) is 2.78. The number of ether oxygens (including phenoxy) is 1. The predicted molar refractivity (Wildman–Crippen MR) is 82.6 cm³/mol. The fourth-order valence-corrected chi connectivity index (χ4v) is 2.04. The molecular formula is C17H21NO3. The summed E-state index contributed by atoms with van der Waals surface area (Å²) in [5.74, 6) is 0.791. The standard InChI is InChI=1S/C17H21NO3/c1-14(19)5-6-15-7-9-16(10-8-15)21-13-12-18-11-3-2-4-17(18)20/h2-4,7-11,14,19H,5-6,12-13H2,1H3. The Morgan fingerprint density at radius 1 is 1.19 bits per heavy atom. The minimum absolute atomic E-state index is 0.0189. The molecule has 0 saturated carbocycles. The molecular weight excluding hydrogens is 266 g/mol. The Bertz CT molecular complexity index is 602. The number of aliphatic hydroxyl groups excluding tert-OH is 1. The molecule has 0 bridgehead atoms. The van der Waals surface area contributed by atoms with Crippen LogP contribution >= 0.6 is 0 Å². The second-order valence-corrected chi connectivity index (χ2v) is 5.11. The molecule has 0 aliphatic carbocycles. The summed E-state index contributed by atoms with van der Waals surface area (Å²) in [6, 6.07) is 13.0. The number of benzene rings is 1. The molecule has 1 aromatic carbocycles. The maximum Gasteiger partial charge on any atom is 0.250 e. The molecule has 1 aromatic heterocycles. The van der Waals surface area contributed by atoms with Gasteiger partial charge in [-0.15, -0.1) is 0 Å². The van der Waals surface area contributed by atoms with Crippen molar-refractivity contribution in [3.05, 3.63) is 64.6 Å². The summed E-state index contributed by atoms with van der Waals surface area (Å²) < 4.78 is 7.26. The van der Waals surface area contributed by atoms with E-state index in [-0.39, 0.29) is 11.7 Å². The zero-order valence-corrected chi connectivity index (χ0v) is 12.2. The third-order valence-corrected chi connectivity index (χ3v) is 3.27. The molecule has 2 aromatic rings. The van der Waals surface area contributed by atoms with Crippen LogP contribution in [0.3, 0.4) is 0 Å². The number of hydrogen-bond donors (Lipinski definition) is 1. The molecule has 21 heavy (non-hydrogen) atoms. The van der Waals surface area contributed by atoms with E-state index in [0.29, 0.717) is 13.2 Å². The number of aryl methyl sites for hydroxylation is 1. The van der Waals surface area contributed by atoms with Crippen molar-refractivity contribution in [1.29, 1.82) is 0 Å². The van der Waals surface area contributed by atoms with Gasteiger partial charge in [0, 0.05) is 12.3 Å². The third-order valence-electron chi connectivity index (χ3n) is 3.27. The molecule has 0 spiro atoms. The van der Waals surface area contributed by atoms with Crippen LogP contribution in [-0.2, 0) is 13.0 Å². The van der Waals surface area contributed by atoms with Gasteiger partial charge in [0.05, 0.1) is 12.6 Å². The van der Waals surface area contributed by atoms with Crippen LogP contribution in [-0.4, -0.2) is 22.4 Å². The molecule has 0 amide bonds. The molecule has 0 radical (unpaired) electrons. The topological polar surface area (TPSA) is 51.5 Å². The minimum Gasteiger partial charge on any atom is -0.492 e. The SMILES string of the molecule is CC(O)CCc1ccc(OCCn2ccccc2=O)cc1. The number of rotatable bonds is 7. The van der Waals surface area contributed by atoms with Crippen molar-refractivity contribution in [2.24, 2.45) is 0 Å². The fraction of sp³-hybridized carbons (Fsp3) is 0.353. The van der Waals surface area contributed by atoms with Crippen molar-refractivity contribution < 1.29 is 9.84 Å². The summed E-state index contributed by atoms with van der Waals surface area (Å²) in [7, 11) is 0. The summed E-state index contributed by atoms with van der Waals surface area (Å²) in [5.41, 5.74) is 1.16. The number of pyridine rings is 1. The Morgan fingerprint density at radius 3 is 2.62 bits per heavy atom. The zero-order chi connectivity index (χ0) is 15.1. The second-order valence-electron chi connectivity index (χ2n) is 5.11. The lowest BCUT2D eigenvalue weighted by Gasteiger charge is -2.09. The van der Waals surface area contributed by atoms with Gasteiger partial charge in [-0.2, -0.15) is 0 Å². The molecule has 2 rings (SSSR count). The van der Waals surface area contributed by atoms with Crippen LogP contribution in [0.15, 0.2) is 53.5 Å². The van der Waals surface area contributed by atoms with Crippen molar-refractivity contribution in [3.63, 3.8) is 0 Å². The van der Waals surface area contributed by atoms with Gasteiger partial charge in [-0.05, 0) is 43.5 Å². The first-order chi connectivity index (χ1) is 10.1. The Labute approximate surface area is 124 Å². The summed E-state index contributed by atoms with van der Waals surface area (Å²) >= 11 is 0. The Kier molecular flexibility index (Phi) is 5.58. The second kappa shape index (κ2) is 7.64. The van der Waals surface area contributed by atoms with Gasteiger partial charge < -0.3 is 14.4 Å². The van der Waals surface area contributed by atoms with Gasteiger partial charge in [-0.1, -0.05) is 18.2 Å². The first-order valence-corrected chi connectivity index (χ1v) is 7.20. The summed E-state index contributed by atoms with van der Waals surface area (Å²) in [6.07, 6.45) is 3.10. The van der Waals surface area contributed by atoms with Gasteiger partial charge in [0.15, 0.2) is 0 Å². The normalized spacial score (nSPS) is 12.1. The lowest BCUT2D eigenvalue weighted by Crippen LogP contribution is -2.21. The highest BCUT2D eigenvalue weighted by Gasteiger charge is 2.00. The molecule has 4 nitrogen and oxygen atoms in total. The van der Waals surface area contributed by atoms with Gasteiger partial charge in [0.1, 0.15) is 12.4 Å². The van der Waals surface area contributed by atoms with E-state index < -0.39 is 0 Å². The fourth-order valence-electron chi connectivity index (χ4n) is 2.04. The first-order valence-electron chi connectivity index (χ1n) is 7.20. The van der Waals surface area contributed by atoms with Crippen LogP contribution in [0.2, 0.25) is 0 Å². The number of aliphatic hydroxyl groups is 1. The van der Waals surface area contributed by atoms with Gasteiger partial charge in [-0.25, -0.2) is 0 Å². The van der Waals surface area contributed by atoms with Crippen molar-refractivity contribution in [1.82, 2.24) is 4.57 Å². The minimum atomic E-state index is -0.273. The van der Waals surface area contributed by atoms with Crippen LogP contribution in [0.25, 0.3) is 0 Å². The Hall–Kier alpha value is -2.07. The first kappa shape index (κ1) is 15.3. The van der Waals surface area contributed by atoms with E-state index in [0.717, 1.165) is 18.6 Å². The third kappa shape index (κ3) is 5.08. The monoisotopic (exact) mass is 287 g/mol. The number of hydrogen-bond acceptors (Lipinski definition) is 3. The molecule has 0 saturated heterocycles. The molecule has 1 N–H and O–H groups in total. The van der Waals surface area contributed by atoms with Crippen LogP contribution in [0.4, 0.5) is 0 Å². The van der Waals surface area contributed by atoms with Crippen molar-refractivity contribution in [2.75, 3.05) is 6.61 Å². The van der Waals surface area contributed by atoms with Gasteiger partial charge >= 0.3 is 0 Å². The number of aromatic nitrogens is 1. The van der Waals surface area contributed by atoms with E-state index in [1.54, 1.807) is 23.8 Å². The average Bonchev–Trinajstić information content (AvgIpc) is 2.48. The maximum atomic E-state index is 11.5. The van der Waals surface area contributed by atoms with Gasteiger partial charge in [-0.3, -0.25) is 4.79 Å². The Balaban J connectivity index is 1.81. The highest BCUT2D eigenvalue weighted by molar-refractivity contribution is 5.27. The molecule has 112 valence electrons. The van der Waals surface area contributed by atoms with Crippen molar-refractivity contribution >= 4 is 0 Å². The zero-order valence-electron chi connectivity index (χ0n) is 12.2. The van der Waals surface area contributed by atoms with Crippen LogP contribution < -0.4 is 10.3 Å². The quantitative estimate of drug-likeness (QED) is 0.849. The number of nitrogens with zero attached hydrogens (tertiary/aromatic N) is 1. The van der Waals surface area contributed by atoms with Crippen LogP contribution in [0.5, 0.6) is 5.75 Å². The highest BCUT2D eigenvalue weighted by atomic mass is 16.5. The van der Waals surface area contributed by atoms with E-state index in [1.165, 1.54) is 11.6 Å².